The summed E-state index contributed by atoms with van der Waals surface area (Å²) in [6.45, 7) is 3.73. The van der Waals surface area contributed by atoms with Gasteiger partial charge in [-0.05, 0) is 68.1 Å². The van der Waals surface area contributed by atoms with E-state index in [0.29, 0.717) is 46.5 Å². The summed E-state index contributed by atoms with van der Waals surface area (Å²) in [5.41, 5.74) is 6.23. The Bertz CT molecular complexity index is 2140. The number of thiazole rings is 1. The maximum Gasteiger partial charge on any atom is 0.227 e. The Balaban J connectivity index is 1.36. The summed E-state index contributed by atoms with van der Waals surface area (Å²) < 4.78 is 35.7. The third kappa shape index (κ3) is 5.56. The minimum absolute atomic E-state index is 0.105. The van der Waals surface area contributed by atoms with Crippen LogP contribution in [0.3, 0.4) is 0 Å². The van der Waals surface area contributed by atoms with E-state index in [1.165, 1.54) is 22.3 Å². The molecule has 1 aliphatic heterocycles. The number of hydrogen-bond acceptors (Lipinski definition) is 8. The molecule has 0 bridgehead atoms. The highest BCUT2D eigenvalue weighted by molar-refractivity contribution is 7.12. The first-order chi connectivity index (χ1) is 22.7. The zero-order chi connectivity index (χ0) is 32.8. The lowest BCUT2D eigenvalue weighted by Gasteiger charge is -2.35. The number of fused-ring (bicyclic) bond motifs is 1. The predicted molar refractivity (Wildman–Crippen MR) is 173 cm³/mol. The molecule has 2 aromatic carbocycles. The number of hydrogen-bond donors (Lipinski definition) is 1. The van der Waals surface area contributed by atoms with Gasteiger partial charge in [0.1, 0.15) is 17.3 Å². The second-order valence-electron chi connectivity index (χ2n) is 11.4. The molecule has 6 aromatic rings. The molecule has 238 valence electrons. The number of halogens is 2. The van der Waals surface area contributed by atoms with E-state index in [9.17, 15) is 18.4 Å². The molecule has 1 aliphatic rings. The third-order valence-electron chi connectivity index (χ3n) is 8.34. The van der Waals surface area contributed by atoms with Crippen molar-refractivity contribution < 1.29 is 22.9 Å². The number of piperidine rings is 1. The van der Waals surface area contributed by atoms with Crippen LogP contribution in [-0.4, -0.2) is 43.5 Å². The van der Waals surface area contributed by atoms with Gasteiger partial charge in [0.15, 0.2) is 16.8 Å². The van der Waals surface area contributed by atoms with Gasteiger partial charge in [-0.25, -0.2) is 18.7 Å². The number of nitrogens with zero attached hydrogens (tertiary/aromatic N) is 6. The first-order valence-corrected chi connectivity index (χ1v) is 15.9. The molecule has 2 amide bonds. The number of aromatic nitrogens is 5. The van der Waals surface area contributed by atoms with Gasteiger partial charge in [-0.2, -0.15) is 0 Å². The van der Waals surface area contributed by atoms with Crippen LogP contribution in [0.1, 0.15) is 48.1 Å². The molecule has 0 radical (unpaired) electrons. The van der Waals surface area contributed by atoms with Gasteiger partial charge in [0.2, 0.25) is 11.8 Å². The molecule has 5 heterocycles. The highest BCUT2D eigenvalue weighted by atomic mass is 32.1. The van der Waals surface area contributed by atoms with Gasteiger partial charge < -0.3 is 14.7 Å². The van der Waals surface area contributed by atoms with E-state index < -0.39 is 17.7 Å². The Hall–Kier alpha value is -5.30. The molecule has 0 saturated carbocycles. The zero-order valence-corrected chi connectivity index (χ0v) is 26.6. The lowest BCUT2D eigenvalue weighted by molar-refractivity contribution is -0.121. The maximum atomic E-state index is 14.4. The molecule has 0 aliphatic carbocycles. The summed E-state index contributed by atoms with van der Waals surface area (Å²) in [5, 5.41) is 9.20. The van der Waals surface area contributed by atoms with Crippen LogP contribution in [0.5, 0.6) is 0 Å². The number of amides is 2. The van der Waals surface area contributed by atoms with Crippen LogP contribution in [-0.2, 0) is 16.0 Å². The Kier molecular flexibility index (Phi) is 7.84. The van der Waals surface area contributed by atoms with Crippen LogP contribution in [0.4, 0.5) is 14.5 Å². The molecule has 47 heavy (non-hydrogen) atoms. The topological polar surface area (TPSA) is 119 Å². The van der Waals surface area contributed by atoms with Crippen molar-refractivity contribution in [2.45, 2.75) is 45.6 Å². The molecule has 7 rings (SSSR count). The minimum atomic E-state index is -1.03. The molecular formula is C34H29F2N7O3S. The molecule has 1 N–H and O–H groups in total. The number of likely N-dealkylation sites (N-methyl/N-ethyl adjacent to an activating group) is 1. The average molecular weight is 654 g/mol. The van der Waals surface area contributed by atoms with Crippen molar-refractivity contribution in [3.63, 3.8) is 0 Å². The summed E-state index contributed by atoms with van der Waals surface area (Å²) in [4.78, 5) is 41.3. The van der Waals surface area contributed by atoms with E-state index >= 15 is 0 Å². The van der Waals surface area contributed by atoms with Crippen molar-refractivity contribution >= 4 is 39.9 Å². The molecule has 1 atom stereocenters. The molecule has 1 fully saturated rings. The Morgan fingerprint density at radius 3 is 2.64 bits per heavy atom. The molecular weight excluding hydrogens is 624 g/mol. The number of carbonyl (C=O) groups is 2. The molecule has 10 nitrogen and oxygen atoms in total. The monoisotopic (exact) mass is 653 g/mol. The number of imidazole rings is 1. The van der Waals surface area contributed by atoms with Gasteiger partial charge in [0.25, 0.3) is 0 Å². The zero-order valence-electron chi connectivity index (χ0n) is 25.8. The number of rotatable bonds is 7. The van der Waals surface area contributed by atoms with Crippen LogP contribution < -0.4 is 10.2 Å². The normalized spacial score (nSPS) is 15.0. The lowest BCUT2D eigenvalue weighted by Crippen LogP contribution is -2.39. The Morgan fingerprint density at radius 2 is 1.91 bits per heavy atom. The van der Waals surface area contributed by atoms with Crippen LogP contribution in [0.15, 0.2) is 64.6 Å². The van der Waals surface area contributed by atoms with Crippen LogP contribution in [0.2, 0.25) is 0 Å². The van der Waals surface area contributed by atoms with E-state index in [1.54, 1.807) is 13.2 Å². The smallest absolute Gasteiger partial charge is 0.227 e. The van der Waals surface area contributed by atoms with Gasteiger partial charge in [-0.3, -0.25) is 19.1 Å². The third-order valence-corrected chi connectivity index (χ3v) is 9.17. The molecule has 0 unspecified atom stereocenters. The van der Waals surface area contributed by atoms with Crippen molar-refractivity contribution in [1.82, 2.24) is 30.0 Å². The number of aryl methyl sites for hydroxylation is 2. The summed E-state index contributed by atoms with van der Waals surface area (Å²) in [7, 11) is 1.59. The van der Waals surface area contributed by atoms with Crippen LogP contribution >= 0.6 is 11.3 Å². The molecule has 13 heteroatoms. The number of benzene rings is 2. The van der Waals surface area contributed by atoms with Gasteiger partial charge in [-0.1, -0.05) is 17.3 Å². The number of nitrogens with one attached hydrogen (secondary N) is 1. The second-order valence-corrected chi connectivity index (χ2v) is 12.2. The molecule has 4 aromatic heterocycles. The van der Waals surface area contributed by atoms with E-state index in [0.717, 1.165) is 40.0 Å². The van der Waals surface area contributed by atoms with E-state index in [2.05, 4.69) is 15.5 Å². The van der Waals surface area contributed by atoms with Crippen molar-refractivity contribution in [3.8, 4) is 27.6 Å². The fraction of sp³-hybridized carbons (Fsp3) is 0.235. The van der Waals surface area contributed by atoms with E-state index in [-0.39, 0.29) is 30.3 Å². The Labute approximate surface area is 272 Å². The van der Waals surface area contributed by atoms with Crippen molar-refractivity contribution in [1.29, 1.82) is 0 Å². The van der Waals surface area contributed by atoms with Crippen molar-refractivity contribution in [2.75, 3.05) is 11.9 Å². The highest BCUT2D eigenvalue weighted by Gasteiger charge is 2.35. The summed E-state index contributed by atoms with van der Waals surface area (Å²) >= 11 is 1.39. The van der Waals surface area contributed by atoms with Crippen LogP contribution in [0.25, 0.3) is 38.7 Å². The standard InChI is InChI=1S/C34H29F2N7O3S/c1-18-32(19(2)46-41-18)21-8-12-28-26(14-21)39-33(29-5-4-6-31(45)42(29)22-9-10-23(35)24(36)15-22)43(28)34-40-27(17-47-34)25-11-7-20(16-38-25)13-30(44)37-3/h7-12,14-17,29H,4-6,13H2,1-3H3,(H,37,44)/t29-/m0/s1. The fourth-order valence-corrected chi connectivity index (χ4v) is 6.93. The number of anilines is 1. The predicted octanol–water partition coefficient (Wildman–Crippen LogP) is 6.64. The molecule has 1 saturated heterocycles. The largest absolute Gasteiger partial charge is 0.361 e. The van der Waals surface area contributed by atoms with Gasteiger partial charge in [-0.15, -0.1) is 11.3 Å². The number of carbonyl (C=O) groups excluding carboxylic acids is 2. The average Bonchev–Trinajstić information content (AvgIpc) is 3.79. The maximum absolute atomic E-state index is 14.4. The van der Waals surface area contributed by atoms with Gasteiger partial charge in [0, 0.05) is 42.4 Å². The van der Waals surface area contributed by atoms with Gasteiger partial charge in [0.05, 0.1) is 34.9 Å². The van der Waals surface area contributed by atoms with Crippen molar-refractivity contribution in [2.24, 2.45) is 0 Å². The number of pyridine rings is 1. The lowest BCUT2D eigenvalue weighted by atomic mass is 9.99. The summed E-state index contributed by atoms with van der Waals surface area (Å²) in [6, 6.07) is 12.5. The molecule has 0 spiro atoms. The van der Waals surface area contributed by atoms with E-state index in [4.69, 9.17) is 14.5 Å². The minimum Gasteiger partial charge on any atom is -0.361 e. The quantitative estimate of drug-likeness (QED) is 0.205. The summed E-state index contributed by atoms with van der Waals surface area (Å²) in [6.07, 6.45) is 3.31. The first kappa shape index (κ1) is 30.4. The Morgan fingerprint density at radius 1 is 1.06 bits per heavy atom. The SMILES string of the molecule is CNC(=O)Cc1ccc(-c2csc(-n3c([C@@H]4CCCC(=O)N4c4ccc(F)c(F)c4)nc4cc(-c5c(C)noc5C)ccc43)n2)nc1. The van der Waals surface area contributed by atoms with Crippen LogP contribution in [0, 0.1) is 25.5 Å². The first-order valence-electron chi connectivity index (χ1n) is 15.1. The fourth-order valence-electron chi connectivity index (χ4n) is 6.09. The van der Waals surface area contributed by atoms with E-state index in [1.807, 2.05) is 54.1 Å². The van der Waals surface area contributed by atoms with Crippen molar-refractivity contribution in [3.05, 3.63) is 94.6 Å². The van der Waals surface area contributed by atoms with Gasteiger partial charge >= 0.3 is 0 Å². The second kappa shape index (κ2) is 12.1. The highest BCUT2D eigenvalue weighted by Crippen LogP contribution is 2.40. The summed E-state index contributed by atoms with van der Waals surface area (Å²) in [5.74, 6) is -1.10.